The van der Waals surface area contributed by atoms with E-state index in [4.69, 9.17) is 9.15 Å². The van der Waals surface area contributed by atoms with E-state index >= 15 is 0 Å². The topological polar surface area (TPSA) is 81.0 Å². The molecule has 6 nitrogen and oxygen atoms in total. The molecule has 0 atom stereocenters. The Morgan fingerprint density at radius 3 is 3.20 bits per heavy atom. The number of hydrogen-bond acceptors (Lipinski definition) is 5. The summed E-state index contributed by atoms with van der Waals surface area (Å²) in [6.07, 6.45) is 2.77. The Morgan fingerprint density at radius 2 is 2.53 bits per heavy atom. The molecule has 15 heavy (non-hydrogen) atoms. The Kier molecular flexibility index (Phi) is 2.49. The van der Waals surface area contributed by atoms with E-state index < -0.39 is 5.97 Å². The Hall–Kier alpha value is -2.11. The molecule has 0 aliphatic carbocycles. The maximum atomic E-state index is 11.3. The number of aromatic amines is 1. The van der Waals surface area contributed by atoms with Crippen LogP contribution in [0.15, 0.2) is 23.1 Å². The molecule has 0 fully saturated rings. The lowest BCUT2D eigenvalue weighted by Gasteiger charge is -1.94. The fourth-order valence-electron chi connectivity index (χ4n) is 1.11. The highest BCUT2D eigenvalue weighted by Gasteiger charge is 2.12. The maximum absolute atomic E-state index is 11.3. The van der Waals surface area contributed by atoms with Crippen LogP contribution in [0.25, 0.3) is 11.4 Å². The minimum atomic E-state index is -0.455. The van der Waals surface area contributed by atoms with Gasteiger partial charge in [0.2, 0.25) is 0 Å². The minimum absolute atomic E-state index is 0.231. The summed E-state index contributed by atoms with van der Waals surface area (Å²) in [7, 11) is 0. The highest BCUT2D eigenvalue weighted by Crippen LogP contribution is 2.15. The predicted octanol–water partition coefficient (Wildman–Crippen LogP) is 1.24. The van der Waals surface area contributed by atoms with E-state index in [2.05, 4.69) is 15.2 Å². The van der Waals surface area contributed by atoms with Crippen LogP contribution in [0.5, 0.6) is 0 Å². The van der Waals surface area contributed by atoms with Gasteiger partial charge in [-0.2, -0.15) is 5.10 Å². The van der Waals surface area contributed by atoms with Gasteiger partial charge in [0.15, 0.2) is 12.1 Å². The first-order chi connectivity index (χ1) is 7.31. The van der Waals surface area contributed by atoms with Crippen molar-refractivity contribution in [2.45, 2.75) is 6.92 Å². The van der Waals surface area contributed by atoms with E-state index in [1.807, 2.05) is 0 Å². The van der Waals surface area contributed by atoms with E-state index in [-0.39, 0.29) is 5.69 Å². The summed E-state index contributed by atoms with van der Waals surface area (Å²) < 4.78 is 9.60. The number of H-pyrrole nitrogens is 1. The second-order valence-corrected chi connectivity index (χ2v) is 2.76. The van der Waals surface area contributed by atoms with Gasteiger partial charge in [0, 0.05) is 6.07 Å². The molecule has 0 amide bonds. The SMILES string of the molecule is CCOC(=O)c1cc(-c2cocn2)[nH]n1. The maximum Gasteiger partial charge on any atom is 0.358 e. The van der Waals surface area contributed by atoms with Crippen molar-refractivity contribution in [2.75, 3.05) is 6.61 Å². The van der Waals surface area contributed by atoms with Gasteiger partial charge in [-0.1, -0.05) is 0 Å². The zero-order valence-electron chi connectivity index (χ0n) is 8.06. The molecule has 78 valence electrons. The summed E-state index contributed by atoms with van der Waals surface area (Å²) in [5.74, 6) is -0.455. The number of nitrogens with one attached hydrogen (secondary N) is 1. The van der Waals surface area contributed by atoms with Gasteiger partial charge in [0.05, 0.1) is 12.3 Å². The average molecular weight is 207 g/mol. The average Bonchev–Trinajstić information content (AvgIpc) is 2.89. The number of aromatic nitrogens is 3. The number of ether oxygens (including phenoxy) is 1. The van der Waals surface area contributed by atoms with Crippen LogP contribution in [0.4, 0.5) is 0 Å². The van der Waals surface area contributed by atoms with E-state index in [9.17, 15) is 4.79 Å². The van der Waals surface area contributed by atoms with E-state index in [0.29, 0.717) is 18.0 Å². The molecular weight excluding hydrogens is 198 g/mol. The van der Waals surface area contributed by atoms with E-state index in [1.165, 1.54) is 12.7 Å². The fraction of sp³-hybridized carbons (Fsp3) is 0.222. The van der Waals surface area contributed by atoms with Crippen LogP contribution >= 0.6 is 0 Å². The summed E-state index contributed by atoms with van der Waals surface area (Å²) in [6.45, 7) is 2.06. The fourth-order valence-corrected chi connectivity index (χ4v) is 1.11. The number of hydrogen-bond donors (Lipinski definition) is 1. The molecule has 0 radical (unpaired) electrons. The van der Waals surface area contributed by atoms with Gasteiger partial charge in [-0.15, -0.1) is 0 Å². The van der Waals surface area contributed by atoms with Gasteiger partial charge < -0.3 is 9.15 Å². The van der Waals surface area contributed by atoms with Crippen LogP contribution in [0.3, 0.4) is 0 Å². The second kappa shape index (κ2) is 3.95. The van der Waals surface area contributed by atoms with Gasteiger partial charge in [-0.25, -0.2) is 9.78 Å². The molecule has 0 bridgehead atoms. The van der Waals surface area contributed by atoms with Crippen molar-refractivity contribution in [3.8, 4) is 11.4 Å². The monoisotopic (exact) mass is 207 g/mol. The van der Waals surface area contributed by atoms with Crippen LogP contribution in [-0.2, 0) is 4.74 Å². The molecule has 2 aromatic rings. The third kappa shape index (κ3) is 1.88. The third-order valence-electron chi connectivity index (χ3n) is 1.77. The molecule has 2 rings (SSSR count). The van der Waals surface area contributed by atoms with Crippen LogP contribution in [0, 0.1) is 0 Å². The smallest absolute Gasteiger partial charge is 0.358 e. The molecule has 0 saturated carbocycles. The number of carbonyl (C=O) groups excluding carboxylic acids is 1. The molecule has 1 N–H and O–H groups in total. The first kappa shape index (κ1) is 9.45. The summed E-state index contributed by atoms with van der Waals surface area (Å²) in [5, 5.41) is 6.48. The van der Waals surface area contributed by atoms with Crippen LogP contribution in [0.2, 0.25) is 0 Å². The Labute approximate surface area is 85.3 Å². The lowest BCUT2D eigenvalue weighted by Crippen LogP contribution is -2.04. The zero-order valence-corrected chi connectivity index (χ0v) is 8.06. The quantitative estimate of drug-likeness (QED) is 0.766. The Bertz CT molecular complexity index is 447. The summed E-state index contributed by atoms with van der Waals surface area (Å²) in [6, 6.07) is 1.57. The zero-order chi connectivity index (χ0) is 10.7. The van der Waals surface area contributed by atoms with Gasteiger partial charge in [0.25, 0.3) is 0 Å². The third-order valence-corrected chi connectivity index (χ3v) is 1.77. The van der Waals surface area contributed by atoms with Crippen molar-refractivity contribution >= 4 is 5.97 Å². The molecule has 0 aromatic carbocycles. The van der Waals surface area contributed by atoms with Crippen molar-refractivity contribution in [1.29, 1.82) is 0 Å². The first-order valence-electron chi connectivity index (χ1n) is 4.42. The van der Waals surface area contributed by atoms with Crippen LogP contribution in [-0.4, -0.2) is 27.8 Å². The number of nitrogens with zero attached hydrogens (tertiary/aromatic N) is 2. The largest absolute Gasteiger partial charge is 0.461 e. The number of esters is 1. The molecule has 0 saturated heterocycles. The van der Waals surface area contributed by atoms with Crippen molar-refractivity contribution < 1.29 is 13.9 Å². The minimum Gasteiger partial charge on any atom is -0.461 e. The normalized spacial score (nSPS) is 10.2. The second-order valence-electron chi connectivity index (χ2n) is 2.76. The molecule has 2 aromatic heterocycles. The van der Waals surface area contributed by atoms with Gasteiger partial charge in [0.1, 0.15) is 12.0 Å². The van der Waals surface area contributed by atoms with Crippen molar-refractivity contribution in [3.05, 3.63) is 24.4 Å². The van der Waals surface area contributed by atoms with Crippen LogP contribution < -0.4 is 0 Å². The standard InChI is InChI=1S/C9H9N3O3/c1-2-15-9(13)7-3-6(11-12-7)8-4-14-5-10-8/h3-5H,2H2,1H3,(H,11,12). The van der Waals surface area contributed by atoms with Crippen LogP contribution in [0.1, 0.15) is 17.4 Å². The van der Waals surface area contributed by atoms with Crippen molar-refractivity contribution in [3.63, 3.8) is 0 Å². The molecule has 0 spiro atoms. The van der Waals surface area contributed by atoms with E-state index in [1.54, 1.807) is 13.0 Å². The van der Waals surface area contributed by atoms with Gasteiger partial charge in [-0.3, -0.25) is 5.10 Å². The molecule has 6 heteroatoms. The number of carbonyl (C=O) groups is 1. The lowest BCUT2D eigenvalue weighted by atomic mass is 10.3. The molecule has 0 aliphatic heterocycles. The van der Waals surface area contributed by atoms with Gasteiger partial charge >= 0.3 is 5.97 Å². The molecular formula is C9H9N3O3. The van der Waals surface area contributed by atoms with Crippen molar-refractivity contribution in [1.82, 2.24) is 15.2 Å². The number of oxazole rings is 1. The molecule has 0 aliphatic rings. The summed E-state index contributed by atoms with van der Waals surface area (Å²) >= 11 is 0. The van der Waals surface area contributed by atoms with E-state index in [0.717, 1.165) is 0 Å². The number of rotatable bonds is 3. The highest BCUT2D eigenvalue weighted by atomic mass is 16.5. The predicted molar refractivity (Wildman–Crippen MR) is 50.0 cm³/mol. The lowest BCUT2D eigenvalue weighted by molar-refractivity contribution is 0.0519. The summed E-state index contributed by atoms with van der Waals surface area (Å²) in [5.41, 5.74) is 1.44. The molecule has 0 unspecified atom stereocenters. The highest BCUT2D eigenvalue weighted by molar-refractivity contribution is 5.88. The first-order valence-corrected chi connectivity index (χ1v) is 4.42. The Morgan fingerprint density at radius 1 is 1.67 bits per heavy atom. The molecule has 2 heterocycles. The van der Waals surface area contributed by atoms with Crippen molar-refractivity contribution in [2.24, 2.45) is 0 Å². The van der Waals surface area contributed by atoms with Gasteiger partial charge in [-0.05, 0) is 6.92 Å². The summed E-state index contributed by atoms with van der Waals surface area (Å²) in [4.78, 5) is 15.2. The Balaban J connectivity index is 2.21.